The van der Waals surface area contributed by atoms with Crippen molar-refractivity contribution in [3.05, 3.63) is 41.6 Å². The summed E-state index contributed by atoms with van der Waals surface area (Å²) in [5.41, 5.74) is 12.6. The zero-order valence-corrected chi connectivity index (χ0v) is 13.6. The molecule has 9 heteroatoms. The number of rotatable bonds is 5. The van der Waals surface area contributed by atoms with Crippen molar-refractivity contribution in [1.82, 2.24) is 9.55 Å². The molecule has 3 rings (SSSR count). The molecule has 1 aromatic heterocycles. The van der Waals surface area contributed by atoms with Crippen molar-refractivity contribution < 1.29 is 14.3 Å². The minimum Gasteiger partial charge on any atom is -0.392 e. The number of benzene rings is 1. The lowest BCUT2D eigenvalue weighted by molar-refractivity contribution is -0.134. The summed E-state index contributed by atoms with van der Waals surface area (Å²) < 4.78 is 6.95. The van der Waals surface area contributed by atoms with E-state index in [0.717, 1.165) is 5.56 Å². The summed E-state index contributed by atoms with van der Waals surface area (Å²) in [6.07, 6.45) is -0.680. The maximum Gasteiger partial charge on any atom is 0.313 e. The van der Waals surface area contributed by atoms with Crippen LogP contribution in [-0.2, 0) is 16.1 Å². The van der Waals surface area contributed by atoms with E-state index in [1.807, 2.05) is 30.3 Å². The fourth-order valence-corrected chi connectivity index (χ4v) is 2.42. The quantitative estimate of drug-likeness (QED) is 0.677. The average molecular weight is 342 g/mol. The van der Waals surface area contributed by atoms with Crippen molar-refractivity contribution in [2.75, 3.05) is 5.32 Å². The topological polar surface area (TPSA) is 138 Å². The number of fused-ring (bicyclic) bond motifs is 1. The molecular weight excluding hydrogens is 324 g/mol. The van der Waals surface area contributed by atoms with Gasteiger partial charge in [-0.15, -0.1) is 0 Å². The van der Waals surface area contributed by atoms with Gasteiger partial charge < -0.3 is 21.5 Å². The molecule has 130 valence electrons. The highest BCUT2D eigenvalue weighted by Crippen LogP contribution is 2.32. The van der Waals surface area contributed by atoms with Crippen molar-refractivity contribution in [1.29, 1.82) is 0 Å². The summed E-state index contributed by atoms with van der Waals surface area (Å²) in [6.45, 7) is 2.05. The number of primary amides is 1. The van der Waals surface area contributed by atoms with Crippen LogP contribution in [-0.4, -0.2) is 27.3 Å². The van der Waals surface area contributed by atoms with E-state index in [1.165, 1.54) is 0 Å². The molecule has 0 bridgehead atoms. The van der Waals surface area contributed by atoms with Gasteiger partial charge in [-0.1, -0.05) is 37.3 Å². The predicted molar refractivity (Wildman–Crippen MR) is 90.9 cm³/mol. The van der Waals surface area contributed by atoms with E-state index in [2.05, 4.69) is 15.3 Å². The SMILES string of the molecule is CCC(=O)Oc1nc2c(n1Cc1ccccc1)NC(C(N)=O)=NC2N. The molecule has 2 heterocycles. The van der Waals surface area contributed by atoms with E-state index in [1.54, 1.807) is 11.5 Å². The Hall–Kier alpha value is -3.20. The van der Waals surface area contributed by atoms with Gasteiger partial charge in [-0.3, -0.25) is 14.2 Å². The Morgan fingerprint density at radius 1 is 1.32 bits per heavy atom. The number of hydrogen-bond acceptors (Lipinski definition) is 7. The van der Waals surface area contributed by atoms with Crippen LogP contribution in [0.3, 0.4) is 0 Å². The van der Waals surface area contributed by atoms with Crippen LogP contribution in [0.15, 0.2) is 35.3 Å². The number of carbonyl (C=O) groups excluding carboxylic acids is 2. The van der Waals surface area contributed by atoms with Gasteiger partial charge in [-0.2, -0.15) is 4.98 Å². The zero-order chi connectivity index (χ0) is 18.0. The first-order valence-corrected chi connectivity index (χ1v) is 7.74. The van der Waals surface area contributed by atoms with Gasteiger partial charge in [0, 0.05) is 6.42 Å². The molecule has 0 fully saturated rings. The molecule has 0 saturated heterocycles. The number of nitrogens with one attached hydrogen (secondary N) is 1. The van der Waals surface area contributed by atoms with Gasteiger partial charge in [0.15, 0.2) is 5.84 Å². The molecule has 9 nitrogen and oxygen atoms in total. The van der Waals surface area contributed by atoms with E-state index < -0.39 is 18.0 Å². The Labute approximate surface area is 143 Å². The van der Waals surface area contributed by atoms with E-state index in [4.69, 9.17) is 16.2 Å². The first-order valence-electron chi connectivity index (χ1n) is 7.74. The number of esters is 1. The van der Waals surface area contributed by atoms with E-state index in [0.29, 0.717) is 18.1 Å². The van der Waals surface area contributed by atoms with Gasteiger partial charge >= 0.3 is 12.0 Å². The zero-order valence-electron chi connectivity index (χ0n) is 13.6. The molecule has 25 heavy (non-hydrogen) atoms. The number of amidine groups is 1. The molecule has 1 atom stereocenters. The minimum absolute atomic E-state index is 0.0671. The summed E-state index contributed by atoms with van der Waals surface area (Å²) >= 11 is 0. The van der Waals surface area contributed by atoms with Crippen LogP contribution in [0.5, 0.6) is 6.01 Å². The molecule has 0 aliphatic carbocycles. The summed E-state index contributed by atoms with van der Waals surface area (Å²) in [5, 5.41) is 2.83. The van der Waals surface area contributed by atoms with Crippen LogP contribution in [0.1, 0.15) is 30.8 Å². The van der Waals surface area contributed by atoms with E-state index in [-0.39, 0.29) is 18.3 Å². The number of aliphatic imine (C=N–C) groups is 1. The number of amides is 1. The van der Waals surface area contributed by atoms with Crippen LogP contribution in [0.4, 0.5) is 5.82 Å². The summed E-state index contributed by atoms with van der Waals surface area (Å²) in [4.78, 5) is 31.5. The normalized spacial score (nSPS) is 15.8. The van der Waals surface area contributed by atoms with Gasteiger partial charge in [0.1, 0.15) is 17.7 Å². The maximum absolute atomic E-state index is 11.7. The highest BCUT2D eigenvalue weighted by Gasteiger charge is 2.30. The molecule has 0 radical (unpaired) electrons. The third-order valence-electron chi connectivity index (χ3n) is 3.66. The number of nitrogens with zero attached hydrogens (tertiary/aromatic N) is 3. The minimum atomic E-state index is -0.880. The number of hydrogen-bond donors (Lipinski definition) is 3. The largest absolute Gasteiger partial charge is 0.392 e. The Morgan fingerprint density at radius 2 is 2.04 bits per heavy atom. The Kier molecular flexibility index (Phi) is 4.48. The highest BCUT2D eigenvalue weighted by atomic mass is 16.5. The third kappa shape index (κ3) is 3.36. The third-order valence-corrected chi connectivity index (χ3v) is 3.66. The lowest BCUT2D eigenvalue weighted by atomic mass is 10.2. The molecule has 0 saturated carbocycles. The maximum atomic E-state index is 11.7. The van der Waals surface area contributed by atoms with Crippen LogP contribution >= 0.6 is 0 Å². The average Bonchev–Trinajstić information content (AvgIpc) is 2.94. The molecule has 1 aliphatic heterocycles. The molecule has 2 aromatic rings. The van der Waals surface area contributed by atoms with Crippen molar-refractivity contribution >= 4 is 23.5 Å². The van der Waals surface area contributed by atoms with Gasteiger partial charge in [0.25, 0.3) is 5.91 Å². The number of anilines is 1. The Bertz CT molecular complexity index is 843. The summed E-state index contributed by atoms with van der Waals surface area (Å²) in [6, 6.07) is 9.62. The van der Waals surface area contributed by atoms with E-state index >= 15 is 0 Å². The lowest BCUT2D eigenvalue weighted by Crippen LogP contribution is -2.35. The van der Waals surface area contributed by atoms with Crippen LogP contribution in [0.2, 0.25) is 0 Å². The first-order chi connectivity index (χ1) is 12.0. The lowest BCUT2D eigenvalue weighted by Gasteiger charge is -2.19. The van der Waals surface area contributed by atoms with Crippen LogP contribution < -0.4 is 21.5 Å². The van der Waals surface area contributed by atoms with Crippen molar-refractivity contribution in [2.24, 2.45) is 16.5 Å². The Morgan fingerprint density at radius 3 is 2.68 bits per heavy atom. The second-order valence-electron chi connectivity index (χ2n) is 5.44. The standard InChI is InChI=1S/C16H18N6O3/c1-2-10(23)25-16-19-11-12(17)20-14(13(18)24)21-15(11)22(16)8-9-6-4-3-5-7-9/h3-7,12H,2,8,17H2,1H3,(H2,18,24)(H,20,21). The van der Waals surface area contributed by atoms with Crippen molar-refractivity contribution in [2.45, 2.75) is 26.1 Å². The molecule has 5 N–H and O–H groups in total. The Balaban J connectivity index is 2.04. The van der Waals surface area contributed by atoms with Crippen molar-refractivity contribution in [3.63, 3.8) is 0 Å². The van der Waals surface area contributed by atoms with Crippen molar-refractivity contribution in [3.8, 4) is 6.01 Å². The number of ether oxygens (including phenoxy) is 1. The molecule has 0 spiro atoms. The number of aromatic nitrogens is 2. The van der Waals surface area contributed by atoms with Gasteiger partial charge in [-0.25, -0.2) is 4.99 Å². The molecule has 1 aromatic carbocycles. The fraction of sp³-hybridized carbons (Fsp3) is 0.250. The second kappa shape index (κ2) is 6.73. The number of carbonyl (C=O) groups is 2. The second-order valence-corrected chi connectivity index (χ2v) is 5.44. The molecule has 1 amide bonds. The van der Waals surface area contributed by atoms with Gasteiger partial charge in [0.2, 0.25) is 0 Å². The smallest absolute Gasteiger partial charge is 0.313 e. The summed E-state index contributed by atoms with van der Waals surface area (Å²) in [7, 11) is 0. The monoisotopic (exact) mass is 342 g/mol. The predicted octanol–water partition coefficient (Wildman–Crippen LogP) is 0.513. The van der Waals surface area contributed by atoms with Crippen LogP contribution in [0.25, 0.3) is 0 Å². The molecule has 1 unspecified atom stereocenters. The molecule has 1 aliphatic rings. The fourth-order valence-electron chi connectivity index (χ4n) is 2.42. The number of imidazole rings is 1. The first kappa shape index (κ1) is 16.7. The highest BCUT2D eigenvalue weighted by molar-refractivity contribution is 6.42. The number of nitrogens with two attached hydrogens (primary N) is 2. The van der Waals surface area contributed by atoms with Crippen LogP contribution in [0, 0.1) is 0 Å². The van der Waals surface area contributed by atoms with Gasteiger partial charge in [-0.05, 0) is 5.56 Å². The van der Waals surface area contributed by atoms with Gasteiger partial charge in [0.05, 0.1) is 6.54 Å². The summed E-state index contributed by atoms with van der Waals surface area (Å²) in [5.74, 6) is -0.802. The van der Waals surface area contributed by atoms with E-state index in [9.17, 15) is 9.59 Å². The molecular formula is C16H18N6O3.